The largest absolute Gasteiger partial charge is 0.465 e. The summed E-state index contributed by atoms with van der Waals surface area (Å²) < 4.78 is 15.7. The first-order chi connectivity index (χ1) is 18.1. The summed E-state index contributed by atoms with van der Waals surface area (Å²) in [7, 11) is 2.60. The fourth-order valence-electron chi connectivity index (χ4n) is 4.43. The lowest BCUT2D eigenvalue weighted by atomic mass is 9.86. The first-order valence-corrected chi connectivity index (χ1v) is 12.2. The van der Waals surface area contributed by atoms with Crippen LogP contribution in [0.1, 0.15) is 37.4 Å². The Balaban J connectivity index is 1.55. The fourth-order valence-corrected chi connectivity index (χ4v) is 4.43. The van der Waals surface area contributed by atoms with Crippen LogP contribution in [0.15, 0.2) is 103 Å². The average Bonchev–Trinajstić information content (AvgIpc) is 2.94. The van der Waals surface area contributed by atoms with E-state index in [0.717, 1.165) is 36.3 Å². The van der Waals surface area contributed by atoms with Gasteiger partial charge >= 0.3 is 11.9 Å². The SMILES string of the molecule is COC(=O)c1ccc(CC(Cc2ccccc2)Cc2ccc(Oc3ccccc3)cc2)cc1C(=O)OC. The van der Waals surface area contributed by atoms with Crippen molar-refractivity contribution in [2.45, 2.75) is 19.3 Å². The van der Waals surface area contributed by atoms with Gasteiger partial charge in [0.25, 0.3) is 0 Å². The van der Waals surface area contributed by atoms with Gasteiger partial charge in [0.1, 0.15) is 11.5 Å². The van der Waals surface area contributed by atoms with E-state index in [2.05, 4.69) is 24.3 Å². The first-order valence-electron chi connectivity index (χ1n) is 12.2. The summed E-state index contributed by atoms with van der Waals surface area (Å²) in [6.45, 7) is 0. The number of hydrogen-bond acceptors (Lipinski definition) is 5. The van der Waals surface area contributed by atoms with E-state index >= 15 is 0 Å². The van der Waals surface area contributed by atoms with Crippen molar-refractivity contribution in [3.8, 4) is 11.5 Å². The van der Waals surface area contributed by atoms with Crippen molar-refractivity contribution in [3.05, 3.63) is 131 Å². The number of esters is 2. The van der Waals surface area contributed by atoms with Gasteiger partial charge in [0.05, 0.1) is 25.3 Å². The second kappa shape index (κ2) is 12.5. The number of carbonyl (C=O) groups excluding carboxylic acids is 2. The zero-order valence-electron chi connectivity index (χ0n) is 21.1. The number of ether oxygens (including phenoxy) is 3. The lowest BCUT2D eigenvalue weighted by Crippen LogP contribution is -2.15. The van der Waals surface area contributed by atoms with Gasteiger partial charge in [-0.2, -0.15) is 0 Å². The molecule has 4 aromatic rings. The third-order valence-electron chi connectivity index (χ3n) is 6.21. The minimum Gasteiger partial charge on any atom is -0.465 e. The number of rotatable bonds is 10. The second-order valence-corrected chi connectivity index (χ2v) is 8.89. The number of benzene rings is 4. The minimum absolute atomic E-state index is 0.201. The molecule has 0 saturated heterocycles. The molecule has 0 radical (unpaired) electrons. The molecule has 188 valence electrons. The van der Waals surface area contributed by atoms with Gasteiger partial charge in [0, 0.05) is 0 Å². The van der Waals surface area contributed by atoms with E-state index < -0.39 is 11.9 Å². The molecule has 4 rings (SSSR count). The molecule has 0 aliphatic heterocycles. The van der Waals surface area contributed by atoms with Gasteiger partial charge in [-0.1, -0.05) is 66.7 Å². The van der Waals surface area contributed by atoms with Crippen molar-refractivity contribution in [1.29, 1.82) is 0 Å². The van der Waals surface area contributed by atoms with Crippen molar-refractivity contribution in [3.63, 3.8) is 0 Å². The summed E-state index contributed by atoms with van der Waals surface area (Å²) in [5.74, 6) is 0.726. The fraction of sp³-hybridized carbons (Fsp3) is 0.188. The zero-order valence-corrected chi connectivity index (χ0v) is 21.1. The van der Waals surface area contributed by atoms with Crippen LogP contribution in [0.2, 0.25) is 0 Å². The highest BCUT2D eigenvalue weighted by Gasteiger charge is 2.20. The summed E-state index contributed by atoms with van der Waals surface area (Å²) in [5, 5.41) is 0. The monoisotopic (exact) mass is 494 g/mol. The van der Waals surface area contributed by atoms with Gasteiger partial charge in [0.15, 0.2) is 0 Å². The summed E-state index contributed by atoms with van der Waals surface area (Å²) in [6, 6.07) is 33.5. The molecule has 0 fully saturated rings. The van der Waals surface area contributed by atoms with Gasteiger partial charge < -0.3 is 14.2 Å². The first kappa shape index (κ1) is 25.7. The molecule has 37 heavy (non-hydrogen) atoms. The summed E-state index contributed by atoms with van der Waals surface area (Å²) in [6.07, 6.45) is 2.44. The maximum absolute atomic E-state index is 12.4. The predicted molar refractivity (Wildman–Crippen MR) is 143 cm³/mol. The highest BCUT2D eigenvalue weighted by Crippen LogP contribution is 2.25. The van der Waals surface area contributed by atoms with Crippen LogP contribution in [-0.2, 0) is 28.7 Å². The topological polar surface area (TPSA) is 61.8 Å². The Kier molecular flexibility index (Phi) is 8.71. The Morgan fingerprint density at radius 3 is 1.68 bits per heavy atom. The Morgan fingerprint density at radius 2 is 1.05 bits per heavy atom. The number of carbonyl (C=O) groups is 2. The third kappa shape index (κ3) is 7.07. The van der Waals surface area contributed by atoms with Gasteiger partial charge in [0.2, 0.25) is 0 Å². The lowest BCUT2D eigenvalue weighted by molar-refractivity contribution is 0.0555. The molecule has 0 spiro atoms. The Bertz CT molecular complexity index is 1310. The van der Waals surface area contributed by atoms with Crippen molar-refractivity contribution in [1.82, 2.24) is 0 Å². The Morgan fingerprint density at radius 1 is 0.568 bits per heavy atom. The quantitative estimate of drug-likeness (QED) is 0.230. The molecule has 0 bridgehead atoms. The average molecular weight is 495 g/mol. The van der Waals surface area contributed by atoms with Crippen molar-refractivity contribution in [2.75, 3.05) is 14.2 Å². The van der Waals surface area contributed by atoms with Crippen LogP contribution < -0.4 is 4.74 Å². The summed E-state index contributed by atoms with van der Waals surface area (Å²) >= 11 is 0. The van der Waals surface area contributed by atoms with Gasteiger partial charge in [-0.3, -0.25) is 0 Å². The molecule has 0 N–H and O–H groups in total. The molecule has 5 heteroatoms. The highest BCUT2D eigenvalue weighted by molar-refractivity contribution is 6.03. The molecule has 0 aromatic heterocycles. The van der Waals surface area contributed by atoms with Gasteiger partial charge in [-0.25, -0.2) is 9.59 Å². The molecular formula is C32H30O5. The predicted octanol–water partition coefficient (Wildman–Crippen LogP) is 6.70. The van der Waals surface area contributed by atoms with Crippen LogP contribution in [0.5, 0.6) is 11.5 Å². The van der Waals surface area contributed by atoms with E-state index in [0.29, 0.717) is 0 Å². The summed E-state index contributed by atoms with van der Waals surface area (Å²) in [5.41, 5.74) is 3.81. The van der Waals surface area contributed by atoms with Crippen LogP contribution in [0.25, 0.3) is 0 Å². The molecule has 0 amide bonds. The maximum atomic E-state index is 12.4. The number of methoxy groups -OCH3 is 2. The maximum Gasteiger partial charge on any atom is 0.338 e. The lowest BCUT2D eigenvalue weighted by Gasteiger charge is -2.19. The van der Waals surface area contributed by atoms with E-state index in [1.165, 1.54) is 25.3 Å². The molecular weight excluding hydrogens is 464 g/mol. The van der Waals surface area contributed by atoms with E-state index in [-0.39, 0.29) is 17.0 Å². The normalized spacial score (nSPS) is 11.4. The van der Waals surface area contributed by atoms with E-state index in [9.17, 15) is 9.59 Å². The number of para-hydroxylation sites is 1. The summed E-state index contributed by atoms with van der Waals surface area (Å²) in [4.78, 5) is 24.6. The van der Waals surface area contributed by atoms with Crippen LogP contribution >= 0.6 is 0 Å². The highest BCUT2D eigenvalue weighted by atomic mass is 16.5. The van der Waals surface area contributed by atoms with Crippen molar-refractivity contribution in [2.24, 2.45) is 5.92 Å². The third-order valence-corrected chi connectivity index (χ3v) is 6.21. The second-order valence-electron chi connectivity index (χ2n) is 8.89. The zero-order chi connectivity index (χ0) is 26.0. The van der Waals surface area contributed by atoms with E-state index in [1.54, 1.807) is 12.1 Å². The Hall–Kier alpha value is -4.38. The van der Waals surface area contributed by atoms with Gasteiger partial charge in [-0.05, 0) is 78.3 Å². The molecule has 0 aliphatic rings. The molecule has 1 unspecified atom stereocenters. The minimum atomic E-state index is -0.564. The van der Waals surface area contributed by atoms with Crippen LogP contribution in [0, 0.1) is 5.92 Å². The Labute approximate surface area is 217 Å². The van der Waals surface area contributed by atoms with Crippen molar-refractivity contribution >= 4 is 11.9 Å². The molecule has 5 nitrogen and oxygen atoms in total. The molecule has 0 heterocycles. The molecule has 1 atom stereocenters. The van der Waals surface area contributed by atoms with Crippen LogP contribution in [0.3, 0.4) is 0 Å². The molecule has 0 aliphatic carbocycles. The number of hydrogen-bond donors (Lipinski definition) is 0. The van der Waals surface area contributed by atoms with E-state index in [4.69, 9.17) is 14.2 Å². The van der Waals surface area contributed by atoms with Crippen molar-refractivity contribution < 1.29 is 23.8 Å². The molecule has 4 aromatic carbocycles. The standard InChI is InChI=1S/C32H30O5/c1-35-31(33)29-18-15-25(22-30(29)32(34)36-2)21-26(19-23-9-5-3-6-10-23)20-24-13-16-28(17-14-24)37-27-11-7-4-8-12-27/h3-18,22,26H,19-21H2,1-2H3. The van der Waals surface area contributed by atoms with Crippen LogP contribution in [-0.4, -0.2) is 26.2 Å². The van der Waals surface area contributed by atoms with Gasteiger partial charge in [-0.15, -0.1) is 0 Å². The molecule has 0 saturated carbocycles. The smallest absolute Gasteiger partial charge is 0.338 e. The van der Waals surface area contributed by atoms with E-state index in [1.807, 2.05) is 66.7 Å². The van der Waals surface area contributed by atoms with Crippen LogP contribution in [0.4, 0.5) is 0 Å².